The summed E-state index contributed by atoms with van der Waals surface area (Å²) in [6.45, 7) is 2.70. The van der Waals surface area contributed by atoms with Crippen LogP contribution in [0.2, 0.25) is 0 Å². The number of rotatable bonds is 6. The zero-order chi connectivity index (χ0) is 13.4. The molecule has 1 aromatic carbocycles. The molecule has 0 aliphatic carbocycles. The Morgan fingerprint density at radius 2 is 1.89 bits per heavy atom. The maximum absolute atomic E-state index is 9.15. The van der Waals surface area contributed by atoms with Crippen LogP contribution < -0.4 is 16.8 Å². The minimum atomic E-state index is 0.262. The van der Waals surface area contributed by atoms with Crippen LogP contribution in [0, 0.1) is 0 Å². The molecule has 0 saturated carbocycles. The average Bonchev–Trinajstić information content (AvgIpc) is 2.36. The number of phenols is 1. The molecule has 0 fully saturated rings. The van der Waals surface area contributed by atoms with Crippen molar-refractivity contribution in [3.05, 3.63) is 53.5 Å². The van der Waals surface area contributed by atoms with Crippen LogP contribution in [-0.4, -0.2) is 5.11 Å². The highest BCUT2D eigenvalue weighted by Crippen LogP contribution is 2.09. The lowest BCUT2D eigenvalue weighted by Crippen LogP contribution is -2.19. The molecule has 0 aliphatic heterocycles. The fourth-order valence-electron chi connectivity index (χ4n) is 1.45. The van der Waals surface area contributed by atoms with Gasteiger partial charge in [0.05, 0.1) is 5.82 Å². The van der Waals surface area contributed by atoms with Gasteiger partial charge in [-0.25, -0.2) is 0 Å². The van der Waals surface area contributed by atoms with Gasteiger partial charge in [-0.3, -0.25) is 0 Å². The van der Waals surface area contributed by atoms with Gasteiger partial charge in [-0.05, 0) is 36.3 Å². The number of aromatic hydroxyl groups is 1. The number of hydrogen-bond acceptors (Lipinski definition) is 4. The largest absolute Gasteiger partial charge is 0.508 e. The second-order valence-corrected chi connectivity index (χ2v) is 4.13. The molecule has 0 unspecified atom stereocenters. The van der Waals surface area contributed by atoms with E-state index < -0.39 is 0 Å². The first-order valence-corrected chi connectivity index (χ1v) is 6.05. The van der Waals surface area contributed by atoms with Crippen molar-refractivity contribution < 1.29 is 5.11 Å². The highest BCUT2D eigenvalue weighted by Gasteiger charge is 1.93. The van der Waals surface area contributed by atoms with E-state index in [4.69, 9.17) is 16.6 Å². The molecule has 1 rings (SSSR count). The summed E-state index contributed by atoms with van der Waals surface area (Å²) >= 11 is 0. The Labute approximate surface area is 108 Å². The standard InChI is InChI=1S/C14H21N3O/c1-2-3-12(15)6-9-14(16)17-10-11-4-7-13(18)8-5-11/h4-9,17-18H,2-3,10,15-16H2,1H3/b12-6-,14-9+. The summed E-state index contributed by atoms with van der Waals surface area (Å²) in [7, 11) is 0. The van der Waals surface area contributed by atoms with E-state index in [1.165, 1.54) is 0 Å². The molecule has 4 nitrogen and oxygen atoms in total. The Kier molecular flexibility index (Phi) is 5.64. The van der Waals surface area contributed by atoms with Gasteiger partial charge in [-0.15, -0.1) is 0 Å². The summed E-state index contributed by atoms with van der Waals surface area (Å²) in [4.78, 5) is 0. The van der Waals surface area contributed by atoms with Crippen molar-refractivity contribution in [2.75, 3.05) is 0 Å². The first kappa shape index (κ1) is 14.0. The maximum Gasteiger partial charge on any atom is 0.115 e. The van der Waals surface area contributed by atoms with E-state index >= 15 is 0 Å². The van der Waals surface area contributed by atoms with Gasteiger partial charge < -0.3 is 21.9 Å². The summed E-state index contributed by atoms with van der Waals surface area (Å²) in [5, 5.41) is 12.2. The zero-order valence-electron chi connectivity index (χ0n) is 10.7. The fraction of sp³-hybridized carbons (Fsp3) is 0.286. The third-order valence-corrected chi connectivity index (χ3v) is 2.45. The molecule has 0 bridgehead atoms. The highest BCUT2D eigenvalue weighted by molar-refractivity contribution is 5.26. The van der Waals surface area contributed by atoms with E-state index in [9.17, 15) is 0 Å². The second kappa shape index (κ2) is 7.27. The molecular formula is C14H21N3O. The molecule has 0 aromatic heterocycles. The molecule has 6 N–H and O–H groups in total. The van der Waals surface area contributed by atoms with Crippen LogP contribution in [0.15, 0.2) is 47.9 Å². The molecule has 0 spiro atoms. The maximum atomic E-state index is 9.15. The Balaban J connectivity index is 2.45. The normalized spacial score (nSPS) is 12.5. The van der Waals surface area contributed by atoms with Crippen molar-refractivity contribution in [1.29, 1.82) is 0 Å². The van der Waals surface area contributed by atoms with Gasteiger partial charge >= 0.3 is 0 Å². The van der Waals surface area contributed by atoms with Crippen molar-refractivity contribution in [3.8, 4) is 5.75 Å². The molecule has 0 heterocycles. The predicted octanol–water partition coefficient (Wildman–Crippen LogP) is 1.92. The van der Waals surface area contributed by atoms with Gasteiger partial charge in [-0.1, -0.05) is 25.5 Å². The van der Waals surface area contributed by atoms with Gasteiger partial charge in [0.25, 0.3) is 0 Å². The Morgan fingerprint density at radius 3 is 2.50 bits per heavy atom. The van der Waals surface area contributed by atoms with Crippen molar-refractivity contribution in [1.82, 2.24) is 5.32 Å². The molecule has 0 radical (unpaired) electrons. The molecule has 4 heteroatoms. The van der Waals surface area contributed by atoms with Crippen LogP contribution in [0.1, 0.15) is 25.3 Å². The highest BCUT2D eigenvalue weighted by atomic mass is 16.3. The van der Waals surface area contributed by atoms with Crippen LogP contribution in [0.3, 0.4) is 0 Å². The van der Waals surface area contributed by atoms with Gasteiger partial charge in [0, 0.05) is 12.2 Å². The van der Waals surface area contributed by atoms with E-state index in [-0.39, 0.29) is 5.75 Å². The summed E-state index contributed by atoms with van der Waals surface area (Å²) in [5.41, 5.74) is 13.4. The molecular weight excluding hydrogens is 226 g/mol. The predicted molar refractivity (Wildman–Crippen MR) is 74.4 cm³/mol. The molecule has 98 valence electrons. The summed E-state index contributed by atoms with van der Waals surface area (Å²) in [6.07, 6.45) is 5.49. The van der Waals surface area contributed by atoms with E-state index in [0.717, 1.165) is 24.1 Å². The summed E-state index contributed by atoms with van der Waals surface area (Å²) in [5.74, 6) is 0.833. The van der Waals surface area contributed by atoms with E-state index in [0.29, 0.717) is 12.4 Å². The van der Waals surface area contributed by atoms with Crippen molar-refractivity contribution in [2.45, 2.75) is 26.3 Å². The Bertz CT molecular complexity index is 421. The Hall–Kier alpha value is -2.10. The molecule has 18 heavy (non-hydrogen) atoms. The number of hydrogen-bond donors (Lipinski definition) is 4. The number of phenolic OH excluding ortho intramolecular Hbond substituents is 1. The van der Waals surface area contributed by atoms with Gasteiger partial charge in [0.1, 0.15) is 5.75 Å². The molecule has 0 atom stereocenters. The van der Waals surface area contributed by atoms with Crippen LogP contribution in [0.5, 0.6) is 5.75 Å². The zero-order valence-corrected chi connectivity index (χ0v) is 10.7. The topological polar surface area (TPSA) is 84.3 Å². The number of benzene rings is 1. The van der Waals surface area contributed by atoms with Gasteiger partial charge in [0.15, 0.2) is 0 Å². The SMILES string of the molecule is CCC/C(N)=C/C=C(\N)NCc1ccc(O)cc1. The third-order valence-electron chi connectivity index (χ3n) is 2.45. The van der Waals surface area contributed by atoms with Crippen molar-refractivity contribution >= 4 is 0 Å². The lowest BCUT2D eigenvalue weighted by atomic mass is 10.2. The number of allylic oxidation sites excluding steroid dienone is 3. The average molecular weight is 247 g/mol. The minimum absolute atomic E-state index is 0.262. The van der Waals surface area contributed by atoms with E-state index in [2.05, 4.69) is 12.2 Å². The fourth-order valence-corrected chi connectivity index (χ4v) is 1.45. The van der Waals surface area contributed by atoms with Crippen LogP contribution in [0.4, 0.5) is 0 Å². The minimum Gasteiger partial charge on any atom is -0.508 e. The van der Waals surface area contributed by atoms with Gasteiger partial charge in [0.2, 0.25) is 0 Å². The smallest absolute Gasteiger partial charge is 0.115 e. The lowest BCUT2D eigenvalue weighted by molar-refractivity contribution is 0.475. The van der Waals surface area contributed by atoms with Gasteiger partial charge in [-0.2, -0.15) is 0 Å². The van der Waals surface area contributed by atoms with Crippen molar-refractivity contribution in [3.63, 3.8) is 0 Å². The molecule has 0 amide bonds. The Morgan fingerprint density at radius 1 is 1.22 bits per heavy atom. The quantitative estimate of drug-likeness (QED) is 0.579. The lowest BCUT2D eigenvalue weighted by Gasteiger charge is -2.06. The van der Waals surface area contributed by atoms with E-state index in [1.54, 1.807) is 18.2 Å². The molecule has 0 saturated heterocycles. The monoisotopic (exact) mass is 247 g/mol. The number of nitrogens with two attached hydrogens (primary N) is 2. The van der Waals surface area contributed by atoms with Crippen LogP contribution in [-0.2, 0) is 6.54 Å². The molecule has 0 aliphatic rings. The third kappa shape index (κ3) is 5.30. The second-order valence-electron chi connectivity index (χ2n) is 4.13. The molecule has 1 aromatic rings. The van der Waals surface area contributed by atoms with E-state index in [1.807, 2.05) is 18.2 Å². The summed E-state index contributed by atoms with van der Waals surface area (Å²) in [6, 6.07) is 6.99. The first-order chi connectivity index (χ1) is 8.61. The van der Waals surface area contributed by atoms with Crippen LogP contribution >= 0.6 is 0 Å². The van der Waals surface area contributed by atoms with Crippen molar-refractivity contribution in [2.24, 2.45) is 11.5 Å². The summed E-state index contributed by atoms with van der Waals surface area (Å²) < 4.78 is 0. The first-order valence-electron chi connectivity index (χ1n) is 6.05. The van der Waals surface area contributed by atoms with Crippen LogP contribution in [0.25, 0.3) is 0 Å². The number of nitrogens with one attached hydrogen (secondary N) is 1.